The Morgan fingerprint density at radius 3 is 2.27 bits per heavy atom. The standard InChI is InChI=1S/C7H7N2.ClH.Hg/c8-7(9)6-4-2-1-3-5-6;;/h2-5H,(H3,8,9);1H;/q;;+1/p-1. The van der Waals surface area contributed by atoms with Crippen molar-refractivity contribution >= 4 is 17.2 Å². The molecule has 0 aliphatic rings. The first-order valence-electron chi connectivity index (χ1n) is 3.23. The molecule has 0 atom stereocenters. The average Bonchev–Trinajstić information content (AvgIpc) is 2.05. The number of hydrogen-bond acceptors (Lipinski definition) is 1. The summed E-state index contributed by atoms with van der Waals surface area (Å²) in [6, 6.07) is 7.62. The summed E-state index contributed by atoms with van der Waals surface area (Å²) >= 11 is -1.24. The fraction of sp³-hybridized carbons (Fsp3) is 0. The second-order valence-electron chi connectivity index (χ2n) is 2.24. The van der Waals surface area contributed by atoms with E-state index in [0.717, 1.165) is 5.56 Å². The second kappa shape index (κ2) is 4.07. The molecular formula is C7H7ClHgN2. The molecule has 0 aliphatic carbocycles. The van der Waals surface area contributed by atoms with Crippen molar-refractivity contribution in [2.75, 3.05) is 0 Å². The van der Waals surface area contributed by atoms with Crippen LogP contribution in [-0.2, 0) is 23.3 Å². The minimum atomic E-state index is -1.24. The fourth-order valence-corrected chi connectivity index (χ4v) is 3.95. The zero-order valence-corrected chi connectivity index (χ0v) is 12.2. The Kier molecular flexibility index (Phi) is 3.33. The molecule has 0 saturated heterocycles. The van der Waals surface area contributed by atoms with Gasteiger partial charge in [0.2, 0.25) is 0 Å². The predicted octanol–water partition coefficient (Wildman–Crippen LogP) is 0.832. The van der Waals surface area contributed by atoms with E-state index >= 15 is 0 Å². The van der Waals surface area contributed by atoms with Crippen molar-refractivity contribution < 1.29 is 23.3 Å². The molecule has 0 spiro atoms. The molecule has 0 amide bonds. The van der Waals surface area contributed by atoms with Crippen LogP contribution in [0.25, 0.3) is 0 Å². The number of amidine groups is 1. The summed E-state index contributed by atoms with van der Waals surface area (Å²) in [6.45, 7) is 0. The Labute approximate surface area is 81.1 Å². The molecule has 0 saturated carbocycles. The first-order chi connectivity index (χ1) is 5.24. The molecule has 1 rings (SSSR count). The zero-order chi connectivity index (χ0) is 8.27. The number of hydrogen-bond donors (Lipinski definition) is 2. The van der Waals surface area contributed by atoms with E-state index in [1.54, 1.807) is 0 Å². The van der Waals surface area contributed by atoms with Crippen molar-refractivity contribution in [3.8, 4) is 0 Å². The van der Waals surface area contributed by atoms with Gasteiger partial charge in [0.1, 0.15) is 0 Å². The minimum absolute atomic E-state index is 0.114. The van der Waals surface area contributed by atoms with Gasteiger partial charge in [-0.3, -0.25) is 0 Å². The van der Waals surface area contributed by atoms with Gasteiger partial charge in [0.15, 0.2) is 0 Å². The van der Waals surface area contributed by atoms with Crippen LogP contribution in [0.1, 0.15) is 5.56 Å². The third-order valence-corrected chi connectivity index (χ3v) is 7.16. The molecule has 3 N–H and O–H groups in total. The predicted molar refractivity (Wildman–Crippen MR) is 42.9 cm³/mol. The number of nitrogens with two attached hydrogens (primary N) is 1. The molecule has 4 heteroatoms. The van der Waals surface area contributed by atoms with E-state index in [0.29, 0.717) is 0 Å². The molecule has 0 unspecified atom stereocenters. The Bertz CT molecular complexity index is 258. The Hall–Kier alpha value is -0.0849. The summed E-state index contributed by atoms with van der Waals surface area (Å²) < 4.78 is 1.26. The number of benzene rings is 1. The van der Waals surface area contributed by atoms with Crippen molar-refractivity contribution in [1.29, 1.82) is 5.41 Å². The molecule has 0 aromatic heterocycles. The molecule has 0 heterocycles. The topological polar surface area (TPSA) is 49.9 Å². The van der Waals surface area contributed by atoms with Crippen LogP contribution in [-0.4, -0.2) is 5.84 Å². The number of halogens is 1. The molecule has 1 aromatic carbocycles. The van der Waals surface area contributed by atoms with Crippen molar-refractivity contribution in [3.63, 3.8) is 0 Å². The van der Waals surface area contributed by atoms with Gasteiger partial charge in [-0.05, 0) is 0 Å². The van der Waals surface area contributed by atoms with Crippen LogP contribution in [0.5, 0.6) is 0 Å². The number of rotatable bonds is 2. The van der Waals surface area contributed by atoms with E-state index in [-0.39, 0.29) is 5.84 Å². The van der Waals surface area contributed by atoms with Crippen molar-refractivity contribution in [2.24, 2.45) is 5.73 Å². The summed E-state index contributed by atoms with van der Waals surface area (Å²) in [5.41, 5.74) is 6.04. The van der Waals surface area contributed by atoms with Crippen molar-refractivity contribution in [1.82, 2.24) is 0 Å². The molecule has 1 aromatic rings. The van der Waals surface area contributed by atoms with Crippen molar-refractivity contribution in [2.45, 2.75) is 0 Å². The summed E-state index contributed by atoms with van der Waals surface area (Å²) in [4.78, 5) is 0. The van der Waals surface area contributed by atoms with Gasteiger partial charge in [0, 0.05) is 0 Å². The maximum atomic E-state index is 7.13. The van der Waals surface area contributed by atoms with Gasteiger partial charge in [0.05, 0.1) is 0 Å². The Balaban J connectivity index is 2.91. The summed E-state index contributed by atoms with van der Waals surface area (Å²) in [6.07, 6.45) is 0. The van der Waals surface area contributed by atoms with E-state index in [1.807, 2.05) is 24.3 Å². The van der Waals surface area contributed by atoms with Gasteiger partial charge in [-0.25, -0.2) is 0 Å². The first kappa shape index (κ1) is 9.01. The van der Waals surface area contributed by atoms with Gasteiger partial charge in [0.25, 0.3) is 0 Å². The van der Waals surface area contributed by atoms with Gasteiger partial charge in [-0.1, -0.05) is 0 Å². The molecule has 2 nitrogen and oxygen atoms in total. The quantitative estimate of drug-likeness (QED) is 0.461. The van der Waals surface area contributed by atoms with Crippen LogP contribution in [0.3, 0.4) is 0 Å². The number of nitrogen functional groups attached to an aromatic ring is 1. The molecule has 0 fully saturated rings. The van der Waals surface area contributed by atoms with Gasteiger partial charge in [-0.15, -0.1) is 0 Å². The van der Waals surface area contributed by atoms with Crippen LogP contribution in [0, 0.1) is 5.41 Å². The molecule has 0 aliphatic heterocycles. The molecule has 0 radical (unpaired) electrons. The maximum absolute atomic E-state index is 7.13. The van der Waals surface area contributed by atoms with E-state index in [4.69, 9.17) is 19.4 Å². The molecule has 0 bridgehead atoms. The van der Waals surface area contributed by atoms with Gasteiger partial charge >= 0.3 is 81.5 Å². The third-order valence-electron chi connectivity index (χ3n) is 1.42. The van der Waals surface area contributed by atoms with Crippen LogP contribution in [0.15, 0.2) is 24.3 Å². The average molecular weight is 355 g/mol. The van der Waals surface area contributed by atoms with Crippen LogP contribution >= 0.6 is 8.25 Å². The van der Waals surface area contributed by atoms with Crippen molar-refractivity contribution in [3.05, 3.63) is 29.8 Å². The van der Waals surface area contributed by atoms with E-state index in [9.17, 15) is 0 Å². The monoisotopic (exact) mass is 356 g/mol. The second-order valence-corrected chi connectivity index (χ2v) is 8.80. The van der Waals surface area contributed by atoms with Crippen LogP contribution in [0.2, 0.25) is 0 Å². The van der Waals surface area contributed by atoms with E-state index in [2.05, 4.69) is 0 Å². The van der Waals surface area contributed by atoms with Gasteiger partial charge in [-0.2, -0.15) is 0 Å². The normalized spacial score (nSPS) is 8.82. The third kappa shape index (κ3) is 2.45. The van der Waals surface area contributed by atoms with E-state index < -0.39 is 23.3 Å². The molecule has 54 valence electrons. The molecule has 11 heavy (non-hydrogen) atoms. The SMILES string of the molecule is N=C(N)c1cc[c]([Hg][Cl])cc1. The van der Waals surface area contributed by atoms with Gasteiger partial charge < -0.3 is 0 Å². The Morgan fingerprint density at radius 2 is 1.91 bits per heavy atom. The fourth-order valence-electron chi connectivity index (χ4n) is 0.773. The first-order valence-corrected chi connectivity index (χ1v) is 12.7. The zero-order valence-electron chi connectivity index (χ0n) is 5.97. The molecular weight excluding hydrogens is 348 g/mol. The van der Waals surface area contributed by atoms with E-state index in [1.165, 1.54) is 3.07 Å². The summed E-state index contributed by atoms with van der Waals surface area (Å²) in [5.74, 6) is 0.114. The van der Waals surface area contributed by atoms with Crippen LogP contribution in [0.4, 0.5) is 0 Å². The Morgan fingerprint density at radius 1 is 1.36 bits per heavy atom. The number of nitrogens with one attached hydrogen (secondary N) is 1. The summed E-state index contributed by atoms with van der Waals surface area (Å²) in [7, 11) is 5.80. The van der Waals surface area contributed by atoms with Crippen LogP contribution < -0.4 is 8.81 Å². The summed E-state index contributed by atoms with van der Waals surface area (Å²) in [5, 5.41) is 7.13.